The SMILES string of the molecule is Cc1cncc2c(N)noc12. The van der Waals surface area contributed by atoms with Crippen LogP contribution in [0, 0.1) is 6.92 Å². The molecule has 0 saturated carbocycles. The summed E-state index contributed by atoms with van der Waals surface area (Å²) in [6.45, 7) is 1.90. The number of nitrogens with two attached hydrogens (primary N) is 1. The van der Waals surface area contributed by atoms with Crippen LogP contribution in [0.4, 0.5) is 5.82 Å². The third-order valence-corrected chi connectivity index (χ3v) is 1.59. The van der Waals surface area contributed by atoms with Gasteiger partial charge in [0.25, 0.3) is 0 Å². The summed E-state index contributed by atoms with van der Waals surface area (Å²) in [5, 5.41) is 4.40. The first-order valence-corrected chi connectivity index (χ1v) is 3.24. The molecule has 56 valence electrons. The molecule has 0 aliphatic rings. The molecule has 0 radical (unpaired) electrons. The van der Waals surface area contributed by atoms with Crippen molar-refractivity contribution in [2.75, 3.05) is 5.73 Å². The second kappa shape index (κ2) is 1.95. The molecule has 0 aliphatic carbocycles. The lowest BCUT2D eigenvalue weighted by atomic mass is 10.2. The Hall–Kier alpha value is -1.58. The zero-order valence-electron chi connectivity index (χ0n) is 6.03. The Bertz CT molecular complexity index is 393. The van der Waals surface area contributed by atoms with Gasteiger partial charge in [0.15, 0.2) is 11.4 Å². The van der Waals surface area contributed by atoms with Crippen LogP contribution in [0.5, 0.6) is 0 Å². The van der Waals surface area contributed by atoms with Crippen molar-refractivity contribution in [2.45, 2.75) is 6.92 Å². The van der Waals surface area contributed by atoms with Gasteiger partial charge in [-0.05, 0) is 6.92 Å². The van der Waals surface area contributed by atoms with Crippen LogP contribution >= 0.6 is 0 Å². The molecule has 0 unspecified atom stereocenters. The lowest BCUT2D eigenvalue weighted by Gasteiger charge is -1.89. The average molecular weight is 149 g/mol. The molecular weight excluding hydrogens is 142 g/mol. The molecule has 2 aromatic heterocycles. The summed E-state index contributed by atoms with van der Waals surface area (Å²) in [7, 11) is 0. The van der Waals surface area contributed by atoms with E-state index < -0.39 is 0 Å². The van der Waals surface area contributed by atoms with Crippen molar-refractivity contribution in [1.29, 1.82) is 0 Å². The summed E-state index contributed by atoms with van der Waals surface area (Å²) in [5.74, 6) is 0.399. The minimum Gasteiger partial charge on any atom is -0.380 e. The number of hydrogen-bond acceptors (Lipinski definition) is 4. The predicted octanol–water partition coefficient (Wildman–Crippen LogP) is 1.11. The minimum atomic E-state index is 0.399. The minimum absolute atomic E-state index is 0.399. The first-order chi connectivity index (χ1) is 5.29. The maximum Gasteiger partial charge on any atom is 0.176 e. The number of anilines is 1. The van der Waals surface area contributed by atoms with Crippen LogP contribution in [0.2, 0.25) is 0 Å². The first-order valence-electron chi connectivity index (χ1n) is 3.24. The first kappa shape index (κ1) is 6.15. The van der Waals surface area contributed by atoms with Crippen LogP contribution in [-0.4, -0.2) is 10.1 Å². The Labute approximate surface area is 63.0 Å². The number of rotatable bonds is 0. The molecular formula is C7H7N3O. The summed E-state index contributed by atoms with van der Waals surface area (Å²) in [6, 6.07) is 0. The lowest BCUT2D eigenvalue weighted by molar-refractivity contribution is 0.459. The number of nitrogens with zero attached hydrogens (tertiary/aromatic N) is 2. The highest BCUT2D eigenvalue weighted by Crippen LogP contribution is 2.20. The van der Waals surface area contributed by atoms with Crippen LogP contribution in [0.1, 0.15) is 5.56 Å². The summed E-state index contributed by atoms with van der Waals surface area (Å²) in [5.41, 5.74) is 7.17. The largest absolute Gasteiger partial charge is 0.380 e. The monoisotopic (exact) mass is 149 g/mol. The highest BCUT2D eigenvalue weighted by molar-refractivity contribution is 5.87. The Kier molecular flexibility index (Phi) is 1.09. The van der Waals surface area contributed by atoms with E-state index in [-0.39, 0.29) is 0 Å². The van der Waals surface area contributed by atoms with E-state index in [4.69, 9.17) is 10.3 Å². The quantitative estimate of drug-likeness (QED) is 0.609. The van der Waals surface area contributed by atoms with Gasteiger partial charge in [0.1, 0.15) is 0 Å². The zero-order chi connectivity index (χ0) is 7.84. The Balaban J connectivity index is 2.94. The van der Waals surface area contributed by atoms with E-state index >= 15 is 0 Å². The van der Waals surface area contributed by atoms with Gasteiger partial charge in [-0.1, -0.05) is 5.16 Å². The number of aryl methyl sites for hydroxylation is 1. The van der Waals surface area contributed by atoms with Crippen molar-refractivity contribution in [3.63, 3.8) is 0 Å². The Morgan fingerprint density at radius 3 is 3.00 bits per heavy atom. The summed E-state index contributed by atoms with van der Waals surface area (Å²) >= 11 is 0. The maximum absolute atomic E-state index is 5.50. The van der Waals surface area contributed by atoms with Crippen molar-refractivity contribution >= 4 is 16.8 Å². The molecule has 2 aromatic rings. The van der Waals surface area contributed by atoms with Crippen molar-refractivity contribution in [3.05, 3.63) is 18.0 Å². The Morgan fingerprint density at radius 2 is 2.27 bits per heavy atom. The van der Waals surface area contributed by atoms with Crippen LogP contribution < -0.4 is 5.73 Å². The van der Waals surface area contributed by atoms with Crippen LogP contribution in [0.3, 0.4) is 0 Å². The number of fused-ring (bicyclic) bond motifs is 1. The second-order valence-electron chi connectivity index (χ2n) is 2.40. The second-order valence-corrected chi connectivity index (χ2v) is 2.40. The average Bonchev–Trinajstić information content (AvgIpc) is 2.35. The van der Waals surface area contributed by atoms with Gasteiger partial charge in [0.2, 0.25) is 0 Å². The highest BCUT2D eigenvalue weighted by atomic mass is 16.5. The molecule has 4 nitrogen and oxygen atoms in total. The maximum atomic E-state index is 5.50. The third kappa shape index (κ3) is 0.756. The molecule has 0 fully saturated rings. The summed E-state index contributed by atoms with van der Waals surface area (Å²) in [6.07, 6.45) is 3.36. The number of hydrogen-bond donors (Lipinski definition) is 1. The normalized spacial score (nSPS) is 10.6. The molecule has 0 spiro atoms. The van der Waals surface area contributed by atoms with Crippen molar-refractivity contribution in [3.8, 4) is 0 Å². The lowest BCUT2D eigenvalue weighted by Crippen LogP contribution is -1.84. The van der Waals surface area contributed by atoms with Crippen molar-refractivity contribution < 1.29 is 4.52 Å². The van der Waals surface area contributed by atoms with E-state index in [1.165, 1.54) is 0 Å². The fourth-order valence-electron chi connectivity index (χ4n) is 1.00. The number of aromatic nitrogens is 2. The van der Waals surface area contributed by atoms with Crippen LogP contribution in [0.25, 0.3) is 11.0 Å². The molecule has 0 amide bonds. The van der Waals surface area contributed by atoms with Gasteiger partial charge in [-0.2, -0.15) is 0 Å². The van der Waals surface area contributed by atoms with E-state index in [0.717, 1.165) is 16.5 Å². The molecule has 2 rings (SSSR count). The van der Waals surface area contributed by atoms with Gasteiger partial charge < -0.3 is 10.3 Å². The molecule has 4 heteroatoms. The van der Waals surface area contributed by atoms with E-state index in [2.05, 4.69) is 10.1 Å². The molecule has 2 heterocycles. The van der Waals surface area contributed by atoms with Crippen LogP contribution in [-0.2, 0) is 0 Å². The zero-order valence-corrected chi connectivity index (χ0v) is 6.03. The van der Waals surface area contributed by atoms with Crippen molar-refractivity contribution in [2.24, 2.45) is 0 Å². The van der Waals surface area contributed by atoms with E-state index in [1.807, 2.05) is 6.92 Å². The van der Waals surface area contributed by atoms with Gasteiger partial charge in [-0.15, -0.1) is 0 Å². The summed E-state index contributed by atoms with van der Waals surface area (Å²) in [4.78, 5) is 3.97. The Morgan fingerprint density at radius 1 is 1.45 bits per heavy atom. The molecule has 0 aliphatic heterocycles. The number of pyridine rings is 1. The molecule has 11 heavy (non-hydrogen) atoms. The smallest absolute Gasteiger partial charge is 0.176 e. The summed E-state index contributed by atoms with van der Waals surface area (Å²) < 4.78 is 4.96. The van der Waals surface area contributed by atoms with Gasteiger partial charge in [-0.3, -0.25) is 4.98 Å². The topological polar surface area (TPSA) is 64.9 Å². The molecule has 0 bridgehead atoms. The van der Waals surface area contributed by atoms with Gasteiger partial charge in [-0.25, -0.2) is 0 Å². The van der Waals surface area contributed by atoms with Crippen LogP contribution in [0.15, 0.2) is 16.9 Å². The van der Waals surface area contributed by atoms with Gasteiger partial charge >= 0.3 is 0 Å². The van der Waals surface area contributed by atoms with E-state index in [0.29, 0.717) is 5.82 Å². The highest BCUT2D eigenvalue weighted by Gasteiger charge is 2.05. The molecule has 0 atom stereocenters. The van der Waals surface area contributed by atoms with E-state index in [9.17, 15) is 0 Å². The standard InChI is InChI=1S/C7H7N3O/c1-4-2-9-3-5-6(4)11-10-7(5)8/h2-3H,1H3,(H2,8,10). The van der Waals surface area contributed by atoms with Gasteiger partial charge in [0, 0.05) is 18.0 Å². The van der Waals surface area contributed by atoms with Gasteiger partial charge in [0.05, 0.1) is 5.39 Å². The van der Waals surface area contributed by atoms with E-state index in [1.54, 1.807) is 12.4 Å². The fourth-order valence-corrected chi connectivity index (χ4v) is 1.00. The fraction of sp³-hybridized carbons (Fsp3) is 0.143. The number of nitrogen functional groups attached to an aromatic ring is 1. The van der Waals surface area contributed by atoms with Crippen molar-refractivity contribution in [1.82, 2.24) is 10.1 Å². The predicted molar refractivity (Wildman–Crippen MR) is 41.0 cm³/mol. The third-order valence-electron chi connectivity index (χ3n) is 1.59. The molecule has 0 saturated heterocycles. The molecule has 0 aromatic carbocycles. The molecule has 2 N–H and O–H groups in total.